The van der Waals surface area contributed by atoms with E-state index in [0.29, 0.717) is 25.3 Å². The topological polar surface area (TPSA) is 75.2 Å². The first-order chi connectivity index (χ1) is 15.0. The van der Waals surface area contributed by atoms with Crippen molar-refractivity contribution in [2.75, 3.05) is 47.5 Å². The molecule has 1 amide bonds. The number of hydrogen-bond donors (Lipinski definition) is 2. The molecule has 0 aliphatic carbocycles. The predicted octanol–water partition coefficient (Wildman–Crippen LogP) is 2.71. The maximum absolute atomic E-state index is 12.1. The molecule has 2 rings (SSSR count). The molecule has 0 saturated heterocycles. The van der Waals surface area contributed by atoms with E-state index in [4.69, 9.17) is 9.47 Å². The van der Waals surface area contributed by atoms with E-state index in [-0.39, 0.29) is 5.91 Å². The van der Waals surface area contributed by atoms with Crippen LogP contribution in [0.4, 0.5) is 0 Å². The van der Waals surface area contributed by atoms with E-state index in [1.54, 1.807) is 26.1 Å². The van der Waals surface area contributed by atoms with Crippen LogP contribution in [0.3, 0.4) is 0 Å². The molecule has 7 heteroatoms. The number of aliphatic imine (C=N–C) groups is 1. The summed E-state index contributed by atoms with van der Waals surface area (Å²) < 4.78 is 10.6. The molecule has 0 radical (unpaired) electrons. The van der Waals surface area contributed by atoms with Gasteiger partial charge in [-0.05, 0) is 48.7 Å². The molecule has 0 aliphatic rings. The summed E-state index contributed by atoms with van der Waals surface area (Å²) in [5, 5.41) is 6.63. The first kappa shape index (κ1) is 24.2. The molecule has 0 unspecified atom stereocenters. The third-order valence-electron chi connectivity index (χ3n) is 4.53. The molecule has 2 aromatic rings. The predicted molar refractivity (Wildman–Crippen MR) is 125 cm³/mol. The van der Waals surface area contributed by atoms with Crippen LogP contribution in [-0.4, -0.2) is 64.3 Å². The Hall–Kier alpha value is -3.06. The van der Waals surface area contributed by atoms with Gasteiger partial charge in [0.05, 0.1) is 13.2 Å². The molecule has 0 bridgehead atoms. The lowest BCUT2D eigenvalue weighted by Gasteiger charge is -2.13. The zero-order valence-corrected chi connectivity index (χ0v) is 19.0. The molecular weight excluding hydrogens is 392 g/mol. The van der Waals surface area contributed by atoms with Gasteiger partial charge in [-0.2, -0.15) is 0 Å². The van der Waals surface area contributed by atoms with Crippen molar-refractivity contribution in [3.05, 3.63) is 65.2 Å². The summed E-state index contributed by atoms with van der Waals surface area (Å²) in [6, 6.07) is 15.7. The Bertz CT molecular complexity index is 835. The van der Waals surface area contributed by atoms with Crippen LogP contribution in [-0.2, 0) is 17.7 Å². The summed E-state index contributed by atoms with van der Waals surface area (Å²) in [5.74, 6) is 1.60. The van der Waals surface area contributed by atoms with Crippen LogP contribution >= 0.6 is 0 Å². The average Bonchev–Trinajstić information content (AvgIpc) is 2.78. The van der Waals surface area contributed by atoms with Crippen molar-refractivity contribution in [2.45, 2.75) is 19.9 Å². The molecule has 0 atom stereocenters. The van der Waals surface area contributed by atoms with Crippen molar-refractivity contribution in [2.24, 2.45) is 4.99 Å². The van der Waals surface area contributed by atoms with Gasteiger partial charge >= 0.3 is 0 Å². The quantitative estimate of drug-likeness (QED) is 0.328. The first-order valence-corrected chi connectivity index (χ1v) is 10.6. The number of nitrogens with one attached hydrogen (secondary N) is 2. The second-order valence-electron chi connectivity index (χ2n) is 7.26. The van der Waals surface area contributed by atoms with Crippen LogP contribution in [0.5, 0.6) is 5.75 Å². The number of nitrogens with zero attached hydrogens (tertiary/aromatic N) is 2. The van der Waals surface area contributed by atoms with Gasteiger partial charge in [-0.1, -0.05) is 24.3 Å². The van der Waals surface area contributed by atoms with Crippen LogP contribution in [0.1, 0.15) is 28.4 Å². The van der Waals surface area contributed by atoms with E-state index in [1.165, 1.54) is 0 Å². The zero-order valence-electron chi connectivity index (χ0n) is 19.0. The average molecular weight is 427 g/mol. The minimum Gasteiger partial charge on any atom is -0.491 e. The lowest BCUT2D eigenvalue weighted by molar-refractivity contribution is 0.0827. The maximum atomic E-state index is 12.1. The van der Waals surface area contributed by atoms with Gasteiger partial charge in [0.25, 0.3) is 5.91 Å². The third-order valence-corrected chi connectivity index (χ3v) is 4.53. The maximum Gasteiger partial charge on any atom is 0.253 e. The second-order valence-corrected chi connectivity index (χ2v) is 7.26. The van der Waals surface area contributed by atoms with Crippen molar-refractivity contribution in [3.8, 4) is 5.75 Å². The molecule has 7 nitrogen and oxygen atoms in total. The van der Waals surface area contributed by atoms with E-state index in [9.17, 15) is 4.79 Å². The van der Waals surface area contributed by atoms with Gasteiger partial charge in [0.2, 0.25) is 0 Å². The Morgan fingerprint density at radius 2 is 1.81 bits per heavy atom. The Balaban J connectivity index is 1.87. The lowest BCUT2D eigenvalue weighted by atomic mass is 10.1. The molecule has 0 aliphatic heterocycles. The summed E-state index contributed by atoms with van der Waals surface area (Å²) in [6.07, 6.45) is 0.798. The first-order valence-electron chi connectivity index (χ1n) is 10.6. The van der Waals surface area contributed by atoms with Gasteiger partial charge in [0.1, 0.15) is 12.4 Å². The molecule has 0 saturated carbocycles. The number of hydrogen-bond acceptors (Lipinski definition) is 4. The minimum absolute atomic E-state index is 0.0137. The molecule has 2 N–H and O–H groups in total. The summed E-state index contributed by atoms with van der Waals surface area (Å²) >= 11 is 0. The van der Waals surface area contributed by atoms with Crippen molar-refractivity contribution < 1.29 is 14.3 Å². The van der Waals surface area contributed by atoms with Crippen LogP contribution in [0.15, 0.2) is 53.5 Å². The van der Waals surface area contributed by atoms with Crippen LogP contribution in [0, 0.1) is 0 Å². The smallest absolute Gasteiger partial charge is 0.253 e. The summed E-state index contributed by atoms with van der Waals surface area (Å²) in [6.45, 7) is 5.22. The number of rotatable bonds is 11. The number of ether oxygens (including phenoxy) is 2. The summed E-state index contributed by atoms with van der Waals surface area (Å²) in [5.41, 5.74) is 2.92. The molecule has 0 fully saturated rings. The molecular formula is C24H34N4O3. The second kappa shape index (κ2) is 13.3. The van der Waals surface area contributed by atoms with Crippen molar-refractivity contribution >= 4 is 11.9 Å². The van der Waals surface area contributed by atoms with E-state index >= 15 is 0 Å². The SMILES string of the molecule is CCNC(=NCc1ccc(OCCOC)cc1)NCCc1cccc(C(=O)N(C)C)c1. The van der Waals surface area contributed by atoms with Crippen molar-refractivity contribution in [1.82, 2.24) is 15.5 Å². The number of carbonyl (C=O) groups is 1. The summed E-state index contributed by atoms with van der Waals surface area (Å²) in [4.78, 5) is 18.4. The van der Waals surface area contributed by atoms with Crippen molar-refractivity contribution in [1.29, 1.82) is 0 Å². The number of benzene rings is 2. The van der Waals surface area contributed by atoms with E-state index < -0.39 is 0 Å². The van der Waals surface area contributed by atoms with Gasteiger partial charge < -0.3 is 25.0 Å². The molecule has 31 heavy (non-hydrogen) atoms. The summed E-state index contributed by atoms with van der Waals surface area (Å²) in [7, 11) is 5.18. The highest BCUT2D eigenvalue weighted by atomic mass is 16.5. The molecule has 0 heterocycles. The Labute approximate surface area is 185 Å². The third kappa shape index (κ3) is 8.68. The molecule has 0 spiro atoms. The Morgan fingerprint density at radius 1 is 1.03 bits per heavy atom. The Morgan fingerprint density at radius 3 is 2.48 bits per heavy atom. The highest BCUT2D eigenvalue weighted by Crippen LogP contribution is 2.13. The normalized spacial score (nSPS) is 11.2. The standard InChI is InChI=1S/C24H34N4O3/c1-5-25-24(27-18-20-9-11-22(12-10-20)31-16-15-30-4)26-14-13-19-7-6-8-21(17-19)23(29)28(2)3/h6-12,17H,5,13-16,18H2,1-4H3,(H2,25,26,27). The fraction of sp³-hybridized carbons (Fsp3) is 0.417. The van der Waals surface area contributed by atoms with Gasteiger partial charge in [-0.15, -0.1) is 0 Å². The number of methoxy groups -OCH3 is 1. The Kier molecular flexibility index (Phi) is 10.4. The highest BCUT2D eigenvalue weighted by Gasteiger charge is 2.08. The molecule has 0 aromatic heterocycles. The number of amides is 1. The lowest BCUT2D eigenvalue weighted by Crippen LogP contribution is -2.38. The monoisotopic (exact) mass is 426 g/mol. The van der Waals surface area contributed by atoms with E-state index in [1.807, 2.05) is 55.5 Å². The van der Waals surface area contributed by atoms with E-state index in [0.717, 1.165) is 42.3 Å². The molecule has 168 valence electrons. The fourth-order valence-electron chi connectivity index (χ4n) is 2.89. The van der Waals surface area contributed by atoms with Crippen LogP contribution in [0.25, 0.3) is 0 Å². The number of guanidine groups is 1. The van der Waals surface area contributed by atoms with Crippen molar-refractivity contribution in [3.63, 3.8) is 0 Å². The zero-order chi connectivity index (χ0) is 22.5. The highest BCUT2D eigenvalue weighted by molar-refractivity contribution is 5.94. The fourth-order valence-corrected chi connectivity index (χ4v) is 2.89. The number of carbonyl (C=O) groups excluding carboxylic acids is 1. The van der Waals surface area contributed by atoms with Crippen LogP contribution in [0.2, 0.25) is 0 Å². The van der Waals surface area contributed by atoms with E-state index in [2.05, 4.69) is 15.6 Å². The minimum atomic E-state index is 0.0137. The van der Waals surface area contributed by atoms with Crippen LogP contribution < -0.4 is 15.4 Å². The van der Waals surface area contributed by atoms with Gasteiger partial charge in [-0.25, -0.2) is 4.99 Å². The van der Waals surface area contributed by atoms with Gasteiger partial charge in [0, 0.05) is 39.9 Å². The van der Waals surface area contributed by atoms with Gasteiger partial charge in [-0.3, -0.25) is 4.79 Å². The van der Waals surface area contributed by atoms with Gasteiger partial charge in [0.15, 0.2) is 5.96 Å². The largest absolute Gasteiger partial charge is 0.491 e. The molecule has 2 aromatic carbocycles.